The van der Waals surface area contributed by atoms with Crippen LogP contribution in [-0.4, -0.2) is 44.4 Å². The maximum atomic E-state index is 14.0. The molecule has 0 unspecified atom stereocenters. The van der Waals surface area contributed by atoms with Crippen molar-refractivity contribution >= 4 is 22.5 Å². The summed E-state index contributed by atoms with van der Waals surface area (Å²) in [5.41, 5.74) is 5.86. The van der Waals surface area contributed by atoms with Crippen LogP contribution in [0.2, 0.25) is 0 Å². The summed E-state index contributed by atoms with van der Waals surface area (Å²) in [4.78, 5) is 28.5. The molecule has 2 N–H and O–H groups in total. The van der Waals surface area contributed by atoms with E-state index in [9.17, 15) is 18.4 Å². The van der Waals surface area contributed by atoms with Gasteiger partial charge in [-0.1, -0.05) is 0 Å². The maximum absolute atomic E-state index is 14.0. The average Bonchev–Trinajstić information content (AvgIpc) is 2.93. The third-order valence-corrected chi connectivity index (χ3v) is 6.16. The number of benzene rings is 3. The minimum Gasteiger partial charge on any atom is -0.497 e. The maximum Gasteiger partial charge on any atom is 0.263 e. The van der Waals surface area contributed by atoms with E-state index in [4.69, 9.17) is 19.9 Å². The van der Waals surface area contributed by atoms with Crippen LogP contribution in [-0.2, 0) is 0 Å². The fourth-order valence-corrected chi connectivity index (χ4v) is 4.25. The van der Waals surface area contributed by atoms with Crippen LogP contribution in [0.5, 0.6) is 17.2 Å². The molecule has 39 heavy (non-hydrogen) atoms. The lowest BCUT2D eigenvalue weighted by atomic mass is 10.1. The molecule has 0 saturated heterocycles. The second kappa shape index (κ2) is 12.0. The average molecular weight is 538 g/mol. The van der Waals surface area contributed by atoms with Crippen molar-refractivity contribution in [1.82, 2.24) is 4.57 Å². The number of hydrogen-bond acceptors (Lipinski definition) is 6. The number of nitrogens with zero attached hydrogens (tertiary/aromatic N) is 2. The van der Waals surface area contributed by atoms with Crippen LogP contribution >= 0.6 is 0 Å². The number of nitrogens with two attached hydrogens (primary N) is 1. The lowest BCUT2D eigenvalue weighted by Gasteiger charge is -2.22. The Hall–Kier alpha value is -4.44. The molecule has 0 saturated carbocycles. The lowest BCUT2D eigenvalue weighted by molar-refractivity contribution is 0.0987. The fourth-order valence-electron chi connectivity index (χ4n) is 4.25. The van der Waals surface area contributed by atoms with E-state index in [1.165, 1.54) is 20.4 Å². The quantitative estimate of drug-likeness (QED) is 0.295. The highest BCUT2D eigenvalue weighted by atomic mass is 19.1. The van der Waals surface area contributed by atoms with E-state index in [1.54, 1.807) is 47.9 Å². The zero-order valence-electron chi connectivity index (χ0n) is 21.9. The number of amides is 1. The van der Waals surface area contributed by atoms with Crippen LogP contribution in [0.3, 0.4) is 0 Å². The molecule has 4 rings (SSSR count). The zero-order chi connectivity index (χ0) is 28.1. The molecular formula is C29H29F2N3O5. The van der Waals surface area contributed by atoms with Crippen molar-refractivity contribution in [2.45, 2.75) is 13.3 Å². The minimum atomic E-state index is -0.835. The van der Waals surface area contributed by atoms with Gasteiger partial charge >= 0.3 is 0 Å². The van der Waals surface area contributed by atoms with E-state index in [0.29, 0.717) is 54.1 Å². The monoisotopic (exact) mass is 537 g/mol. The van der Waals surface area contributed by atoms with Gasteiger partial charge in [-0.25, -0.2) is 8.78 Å². The smallest absolute Gasteiger partial charge is 0.263 e. The van der Waals surface area contributed by atoms with Gasteiger partial charge in [-0.15, -0.1) is 0 Å². The number of ether oxygens (including phenoxy) is 3. The molecule has 10 heteroatoms. The Morgan fingerprint density at radius 3 is 2.21 bits per heavy atom. The standard InChI is InChI=1S/C29H29F2N3O5/c1-4-33(20-11-18(30)10-19(31)12-20)29(36)26-17-34(21-13-23(37-2)15-24(14-21)38-3)27-16-22(39-9-5-8-32)6-7-25(27)28(26)35/h6-7,10-17H,4-5,8-9,32H2,1-3H3. The lowest BCUT2D eigenvalue weighted by Crippen LogP contribution is -2.35. The van der Waals surface area contributed by atoms with Gasteiger partial charge in [-0.2, -0.15) is 0 Å². The number of pyridine rings is 1. The van der Waals surface area contributed by atoms with Gasteiger partial charge in [0.05, 0.1) is 32.0 Å². The summed E-state index contributed by atoms with van der Waals surface area (Å²) < 4.78 is 46.2. The molecule has 3 aromatic carbocycles. The molecule has 0 atom stereocenters. The van der Waals surface area contributed by atoms with Crippen LogP contribution in [0.25, 0.3) is 16.6 Å². The van der Waals surface area contributed by atoms with Gasteiger partial charge < -0.3 is 29.4 Å². The number of fused-ring (bicyclic) bond motifs is 1. The summed E-state index contributed by atoms with van der Waals surface area (Å²) in [5, 5.41) is 0.246. The summed E-state index contributed by atoms with van der Waals surface area (Å²) >= 11 is 0. The van der Waals surface area contributed by atoms with E-state index in [2.05, 4.69) is 0 Å². The molecule has 1 heterocycles. The summed E-state index contributed by atoms with van der Waals surface area (Å²) in [6.45, 7) is 2.58. The Balaban J connectivity index is 1.95. The van der Waals surface area contributed by atoms with Crippen LogP contribution in [0, 0.1) is 11.6 Å². The van der Waals surface area contributed by atoms with Crippen molar-refractivity contribution in [1.29, 1.82) is 0 Å². The van der Waals surface area contributed by atoms with Gasteiger partial charge in [0.25, 0.3) is 5.91 Å². The third kappa shape index (κ3) is 5.85. The van der Waals surface area contributed by atoms with E-state index < -0.39 is 23.0 Å². The molecule has 0 radical (unpaired) electrons. The molecule has 0 aliphatic carbocycles. The predicted molar refractivity (Wildman–Crippen MR) is 146 cm³/mol. The van der Waals surface area contributed by atoms with Crippen molar-refractivity contribution in [2.75, 3.05) is 38.8 Å². The van der Waals surface area contributed by atoms with Crippen molar-refractivity contribution < 1.29 is 27.8 Å². The van der Waals surface area contributed by atoms with Gasteiger partial charge in [0.1, 0.15) is 34.4 Å². The zero-order valence-corrected chi connectivity index (χ0v) is 21.9. The Bertz CT molecular complexity index is 1530. The second-order valence-electron chi connectivity index (χ2n) is 8.66. The highest BCUT2D eigenvalue weighted by Crippen LogP contribution is 2.29. The number of rotatable bonds is 10. The number of anilines is 1. The fraction of sp³-hybridized carbons (Fsp3) is 0.241. The van der Waals surface area contributed by atoms with Crippen molar-refractivity contribution in [3.05, 3.63) is 88.2 Å². The van der Waals surface area contributed by atoms with Gasteiger partial charge in [0.2, 0.25) is 5.43 Å². The number of hydrogen-bond donors (Lipinski definition) is 1. The first-order chi connectivity index (χ1) is 18.8. The summed E-state index contributed by atoms with van der Waals surface area (Å²) in [6.07, 6.45) is 2.06. The largest absolute Gasteiger partial charge is 0.497 e. The Labute approximate surface area is 224 Å². The van der Waals surface area contributed by atoms with Crippen molar-refractivity contribution in [3.8, 4) is 22.9 Å². The molecule has 1 aromatic heterocycles. The molecule has 4 aromatic rings. The number of methoxy groups -OCH3 is 2. The number of carbonyl (C=O) groups excluding carboxylic acids is 1. The summed E-state index contributed by atoms with van der Waals surface area (Å²) in [7, 11) is 3.02. The normalized spacial score (nSPS) is 10.9. The third-order valence-electron chi connectivity index (χ3n) is 6.16. The first-order valence-electron chi connectivity index (χ1n) is 12.3. The number of halogens is 2. The van der Waals surface area contributed by atoms with Gasteiger partial charge in [-0.05, 0) is 44.2 Å². The van der Waals surface area contributed by atoms with E-state index in [1.807, 2.05) is 0 Å². The van der Waals surface area contributed by atoms with E-state index in [0.717, 1.165) is 17.0 Å². The highest BCUT2D eigenvalue weighted by Gasteiger charge is 2.23. The van der Waals surface area contributed by atoms with E-state index in [-0.39, 0.29) is 23.2 Å². The molecule has 0 bridgehead atoms. The molecule has 0 aliphatic heterocycles. The highest BCUT2D eigenvalue weighted by molar-refractivity contribution is 6.07. The molecule has 0 spiro atoms. The Morgan fingerprint density at radius 1 is 0.949 bits per heavy atom. The molecule has 204 valence electrons. The summed E-state index contributed by atoms with van der Waals surface area (Å²) in [5.74, 6) is -0.880. The van der Waals surface area contributed by atoms with Crippen molar-refractivity contribution in [2.24, 2.45) is 5.73 Å². The molecular weight excluding hydrogens is 508 g/mol. The van der Waals surface area contributed by atoms with Gasteiger partial charge in [0, 0.05) is 54.1 Å². The van der Waals surface area contributed by atoms with E-state index >= 15 is 0 Å². The topological polar surface area (TPSA) is 96.0 Å². The number of carbonyl (C=O) groups is 1. The number of aromatic nitrogens is 1. The first kappa shape index (κ1) is 27.6. The SMILES string of the molecule is CCN(C(=O)c1cn(-c2cc(OC)cc(OC)c2)c2cc(OCCCN)ccc2c1=O)c1cc(F)cc(F)c1. The van der Waals surface area contributed by atoms with Gasteiger partial charge in [-0.3, -0.25) is 9.59 Å². The van der Waals surface area contributed by atoms with Crippen LogP contribution in [0.4, 0.5) is 14.5 Å². The molecule has 0 fully saturated rings. The molecule has 0 aliphatic rings. The minimum absolute atomic E-state index is 0.00209. The first-order valence-corrected chi connectivity index (χ1v) is 12.3. The van der Waals surface area contributed by atoms with Crippen LogP contribution in [0.15, 0.2) is 65.6 Å². The van der Waals surface area contributed by atoms with Crippen LogP contribution < -0.4 is 30.3 Å². The molecule has 1 amide bonds. The molecule has 8 nitrogen and oxygen atoms in total. The predicted octanol–water partition coefficient (Wildman–Crippen LogP) is 4.68. The summed E-state index contributed by atoms with van der Waals surface area (Å²) in [6, 6.07) is 12.9. The van der Waals surface area contributed by atoms with Crippen molar-refractivity contribution in [3.63, 3.8) is 0 Å². The van der Waals surface area contributed by atoms with Gasteiger partial charge in [0.15, 0.2) is 0 Å². The Morgan fingerprint density at radius 2 is 1.62 bits per heavy atom. The van der Waals surface area contributed by atoms with Crippen LogP contribution in [0.1, 0.15) is 23.7 Å². The Kier molecular flexibility index (Phi) is 8.46. The second-order valence-corrected chi connectivity index (χ2v) is 8.66.